The van der Waals surface area contributed by atoms with E-state index in [1.807, 2.05) is 0 Å². The smallest absolute Gasteiger partial charge is 0.254 e. The molecule has 1 aromatic carbocycles. The highest BCUT2D eigenvalue weighted by Gasteiger charge is 2.18. The Balaban J connectivity index is 1.93. The number of morpholine rings is 1. The normalized spacial score (nSPS) is 19.6. The summed E-state index contributed by atoms with van der Waals surface area (Å²) in [6.45, 7) is 2.26. The number of ether oxygens (including phenoxy) is 1. The minimum atomic E-state index is -1.13. The Bertz CT molecular complexity index is 434. The van der Waals surface area contributed by atoms with Crippen molar-refractivity contribution in [2.24, 2.45) is 0 Å². The third-order valence-electron chi connectivity index (χ3n) is 2.69. The second kappa shape index (κ2) is 5.88. The Kier molecular flexibility index (Phi) is 4.22. The van der Waals surface area contributed by atoms with Crippen LogP contribution in [0.2, 0.25) is 0 Å². The molecule has 18 heavy (non-hydrogen) atoms. The fourth-order valence-corrected chi connectivity index (χ4v) is 1.73. The molecule has 1 atom stereocenters. The van der Waals surface area contributed by atoms with Crippen molar-refractivity contribution in [3.63, 3.8) is 0 Å². The summed E-state index contributed by atoms with van der Waals surface area (Å²) >= 11 is 0. The second-order valence-electron chi connectivity index (χ2n) is 4.01. The molecule has 1 aliphatic rings. The zero-order chi connectivity index (χ0) is 13.0. The van der Waals surface area contributed by atoms with Crippen LogP contribution in [0.5, 0.6) is 0 Å². The van der Waals surface area contributed by atoms with E-state index in [0.29, 0.717) is 13.2 Å². The van der Waals surface area contributed by atoms with Crippen LogP contribution in [0.25, 0.3) is 0 Å². The van der Waals surface area contributed by atoms with Crippen LogP contribution in [0, 0.1) is 11.6 Å². The summed E-state index contributed by atoms with van der Waals surface area (Å²) in [5, 5.41) is 5.63. The lowest BCUT2D eigenvalue weighted by Crippen LogP contribution is -2.45. The summed E-state index contributed by atoms with van der Waals surface area (Å²) in [6, 6.07) is 3.51. The lowest BCUT2D eigenvalue weighted by Gasteiger charge is -2.23. The van der Waals surface area contributed by atoms with Gasteiger partial charge in [-0.05, 0) is 12.1 Å². The molecule has 0 radical (unpaired) electrons. The van der Waals surface area contributed by atoms with Gasteiger partial charge in [-0.2, -0.15) is 0 Å². The van der Waals surface area contributed by atoms with Gasteiger partial charge in [0.2, 0.25) is 0 Å². The van der Waals surface area contributed by atoms with Crippen molar-refractivity contribution in [3.8, 4) is 0 Å². The molecular formula is C12H14F2N2O2. The molecule has 1 fully saturated rings. The molecule has 0 spiro atoms. The van der Waals surface area contributed by atoms with Crippen LogP contribution >= 0.6 is 0 Å². The summed E-state index contributed by atoms with van der Waals surface area (Å²) in [5.41, 5.74) is -0.293. The topological polar surface area (TPSA) is 50.4 Å². The Morgan fingerprint density at radius 2 is 2.33 bits per heavy atom. The molecule has 1 amide bonds. The standard InChI is InChI=1S/C12H14F2N2O2/c13-10-3-1-2-9(11(10)14)12(17)16-7-8-6-15-4-5-18-8/h1-3,8,15H,4-7H2,(H,16,17). The average Bonchev–Trinajstić information content (AvgIpc) is 2.40. The number of halogens is 2. The van der Waals surface area contributed by atoms with Gasteiger partial charge in [-0.25, -0.2) is 8.78 Å². The number of carbonyl (C=O) groups excluding carboxylic acids is 1. The number of hydrogen-bond donors (Lipinski definition) is 2. The number of benzene rings is 1. The van der Waals surface area contributed by atoms with Gasteiger partial charge in [-0.15, -0.1) is 0 Å². The van der Waals surface area contributed by atoms with E-state index in [9.17, 15) is 13.6 Å². The van der Waals surface area contributed by atoms with E-state index in [-0.39, 0.29) is 18.2 Å². The van der Waals surface area contributed by atoms with Gasteiger partial charge in [0.05, 0.1) is 18.3 Å². The van der Waals surface area contributed by atoms with E-state index in [1.165, 1.54) is 12.1 Å². The quantitative estimate of drug-likeness (QED) is 0.836. The first kappa shape index (κ1) is 12.9. The third kappa shape index (κ3) is 3.02. The van der Waals surface area contributed by atoms with Gasteiger partial charge in [0, 0.05) is 19.6 Å². The third-order valence-corrected chi connectivity index (χ3v) is 2.69. The van der Waals surface area contributed by atoms with Gasteiger partial charge in [0.15, 0.2) is 11.6 Å². The molecule has 1 aliphatic heterocycles. The Morgan fingerprint density at radius 1 is 1.50 bits per heavy atom. The molecule has 0 bridgehead atoms. The maximum Gasteiger partial charge on any atom is 0.254 e. The molecule has 0 saturated carbocycles. The molecular weight excluding hydrogens is 242 g/mol. The van der Waals surface area contributed by atoms with Crippen molar-refractivity contribution >= 4 is 5.91 Å². The van der Waals surface area contributed by atoms with Crippen molar-refractivity contribution in [2.75, 3.05) is 26.2 Å². The minimum absolute atomic E-state index is 0.140. The van der Waals surface area contributed by atoms with Gasteiger partial charge in [0.1, 0.15) is 0 Å². The molecule has 1 heterocycles. The highest BCUT2D eigenvalue weighted by molar-refractivity contribution is 5.94. The summed E-state index contributed by atoms with van der Waals surface area (Å²) in [5.74, 6) is -2.79. The Labute approximate surface area is 103 Å². The van der Waals surface area contributed by atoms with Crippen LogP contribution in [-0.2, 0) is 4.74 Å². The van der Waals surface area contributed by atoms with Crippen molar-refractivity contribution in [2.45, 2.75) is 6.10 Å². The SMILES string of the molecule is O=C(NCC1CNCCO1)c1cccc(F)c1F. The predicted octanol–water partition coefficient (Wildman–Crippen LogP) is 0.683. The molecule has 2 rings (SSSR count). The lowest BCUT2D eigenvalue weighted by atomic mass is 10.2. The van der Waals surface area contributed by atoms with E-state index in [0.717, 1.165) is 12.6 Å². The van der Waals surface area contributed by atoms with Gasteiger partial charge in [-0.1, -0.05) is 6.07 Å². The zero-order valence-electron chi connectivity index (χ0n) is 9.71. The number of rotatable bonds is 3. The number of hydrogen-bond acceptors (Lipinski definition) is 3. The first-order valence-corrected chi connectivity index (χ1v) is 5.73. The van der Waals surface area contributed by atoms with Gasteiger partial charge in [-0.3, -0.25) is 4.79 Å². The molecule has 0 aliphatic carbocycles. The van der Waals surface area contributed by atoms with E-state index in [4.69, 9.17) is 4.74 Å². The summed E-state index contributed by atoms with van der Waals surface area (Å²) < 4.78 is 31.7. The van der Waals surface area contributed by atoms with Gasteiger partial charge in [0.25, 0.3) is 5.91 Å². The van der Waals surface area contributed by atoms with E-state index >= 15 is 0 Å². The van der Waals surface area contributed by atoms with Crippen molar-refractivity contribution in [1.82, 2.24) is 10.6 Å². The van der Waals surface area contributed by atoms with E-state index in [2.05, 4.69) is 10.6 Å². The molecule has 4 nitrogen and oxygen atoms in total. The number of carbonyl (C=O) groups is 1. The minimum Gasteiger partial charge on any atom is -0.374 e. The van der Waals surface area contributed by atoms with E-state index in [1.54, 1.807) is 0 Å². The highest BCUT2D eigenvalue weighted by atomic mass is 19.2. The fraction of sp³-hybridized carbons (Fsp3) is 0.417. The summed E-state index contributed by atoms with van der Waals surface area (Å²) in [6.07, 6.45) is -0.140. The zero-order valence-corrected chi connectivity index (χ0v) is 9.71. The van der Waals surface area contributed by atoms with Crippen molar-refractivity contribution in [1.29, 1.82) is 0 Å². The average molecular weight is 256 g/mol. The van der Waals surface area contributed by atoms with Crippen LogP contribution in [-0.4, -0.2) is 38.3 Å². The van der Waals surface area contributed by atoms with Crippen molar-refractivity contribution in [3.05, 3.63) is 35.4 Å². The van der Waals surface area contributed by atoms with Crippen LogP contribution < -0.4 is 10.6 Å². The first-order valence-electron chi connectivity index (χ1n) is 5.73. The van der Waals surface area contributed by atoms with Crippen LogP contribution in [0.15, 0.2) is 18.2 Å². The van der Waals surface area contributed by atoms with Gasteiger partial charge >= 0.3 is 0 Å². The Hall–Kier alpha value is -1.53. The maximum absolute atomic E-state index is 13.3. The fourth-order valence-electron chi connectivity index (χ4n) is 1.73. The highest BCUT2D eigenvalue weighted by Crippen LogP contribution is 2.11. The summed E-state index contributed by atoms with van der Waals surface area (Å²) in [4.78, 5) is 11.7. The van der Waals surface area contributed by atoms with Crippen LogP contribution in [0.3, 0.4) is 0 Å². The molecule has 0 aromatic heterocycles. The molecule has 6 heteroatoms. The van der Waals surface area contributed by atoms with Crippen LogP contribution in [0.4, 0.5) is 8.78 Å². The molecule has 1 saturated heterocycles. The Morgan fingerprint density at radius 3 is 3.06 bits per heavy atom. The maximum atomic E-state index is 13.3. The molecule has 1 unspecified atom stereocenters. The van der Waals surface area contributed by atoms with Crippen LogP contribution in [0.1, 0.15) is 10.4 Å². The van der Waals surface area contributed by atoms with Gasteiger partial charge < -0.3 is 15.4 Å². The molecule has 98 valence electrons. The van der Waals surface area contributed by atoms with E-state index < -0.39 is 17.5 Å². The summed E-state index contributed by atoms with van der Waals surface area (Å²) in [7, 11) is 0. The second-order valence-corrected chi connectivity index (χ2v) is 4.01. The molecule has 1 aromatic rings. The predicted molar refractivity (Wildman–Crippen MR) is 61.3 cm³/mol. The van der Waals surface area contributed by atoms with Crippen molar-refractivity contribution < 1.29 is 18.3 Å². The number of amides is 1. The number of nitrogens with one attached hydrogen (secondary N) is 2. The first-order chi connectivity index (χ1) is 8.68. The lowest BCUT2D eigenvalue weighted by molar-refractivity contribution is 0.0287. The molecule has 2 N–H and O–H groups in total. The largest absolute Gasteiger partial charge is 0.374 e. The monoisotopic (exact) mass is 256 g/mol.